The number of rotatable bonds is 9. The number of ketones is 1. The van der Waals surface area contributed by atoms with Crippen LogP contribution in [0.15, 0.2) is 30.3 Å². The highest BCUT2D eigenvalue weighted by Gasteiger charge is 2.14. The van der Waals surface area contributed by atoms with Gasteiger partial charge in [0.15, 0.2) is 5.78 Å². The lowest BCUT2D eigenvalue weighted by molar-refractivity contribution is -0.0710. The van der Waals surface area contributed by atoms with E-state index in [-0.39, 0.29) is 18.5 Å². The van der Waals surface area contributed by atoms with E-state index in [2.05, 4.69) is 0 Å². The van der Waals surface area contributed by atoms with E-state index >= 15 is 0 Å². The van der Waals surface area contributed by atoms with E-state index in [1.165, 1.54) is 0 Å². The summed E-state index contributed by atoms with van der Waals surface area (Å²) in [6.07, 6.45) is 0. The van der Waals surface area contributed by atoms with Gasteiger partial charge < -0.3 is 14.2 Å². The Morgan fingerprint density at radius 3 is 2.56 bits per heavy atom. The number of carbonyl (C=O) groups is 1. The highest BCUT2D eigenvalue weighted by atomic mass is 16.7. The van der Waals surface area contributed by atoms with Crippen LogP contribution in [0.2, 0.25) is 0 Å². The minimum absolute atomic E-state index is 0.0903. The van der Waals surface area contributed by atoms with Crippen molar-refractivity contribution in [2.75, 3.05) is 33.7 Å². The van der Waals surface area contributed by atoms with Gasteiger partial charge >= 0.3 is 0 Å². The Hall–Kier alpha value is -1.23. The summed E-state index contributed by atoms with van der Waals surface area (Å²) in [5.74, 6) is -0.0779. The smallest absolute Gasteiger partial charge is 0.167 e. The van der Waals surface area contributed by atoms with E-state index in [0.29, 0.717) is 25.4 Å². The molecule has 0 heterocycles. The van der Waals surface area contributed by atoms with Crippen LogP contribution in [-0.4, -0.2) is 39.5 Å². The van der Waals surface area contributed by atoms with Gasteiger partial charge in [-0.25, -0.2) is 0 Å². The summed E-state index contributed by atoms with van der Waals surface area (Å²) < 4.78 is 15.3. The summed E-state index contributed by atoms with van der Waals surface area (Å²) >= 11 is 0. The lowest BCUT2D eigenvalue weighted by Gasteiger charge is -2.11. The normalized spacial score (nSPS) is 12.3. The van der Waals surface area contributed by atoms with Crippen LogP contribution in [-0.2, 0) is 14.2 Å². The zero-order chi connectivity index (χ0) is 13.2. The Balaban J connectivity index is 2.20. The Labute approximate surface area is 108 Å². The van der Waals surface area contributed by atoms with Crippen molar-refractivity contribution in [3.63, 3.8) is 0 Å². The molecule has 0 radical (unpaired) electrons. The first-order valence-electron chi connectivity index (χ1n) is 5.99. The summed E-state index contributed by atoms with van der Waals surface area (Å²) in [6.45, 7) is 3.44. The molecule has 1 atom stereocenters. The van der Waals surface area contributed by atoms with E-state index in [1.54, 1.807) is 7.11 Å². The molecular formula is C14H20O4. The van der Waals surface area contributed by atoms with Gasteiger partial charge in [0.1, 0.15) is 6.79 Å². The minimum atomic E-state index is -0.168. The first-order chi connectivity index (χ1) is 8.75. The van der Waals surface area contributed by atoms with Crippen LogP contribution in [0.3, 0.4) is 0 Å². The number of ether oxygens (including phenoxy) is 3. The quantitative estimate of drug-likeness (QED) is 0.384. The molecule has 1 rings (SSSR count). The second-order valence-electron chi connectivity index (χ2n) is 4.02. The van der Waals surface area contributed by atoms with Gasteiger partial charge in [0.25, 0.3) is 0 Å². The SMILES string of the molecule is COCCOCOCC(C)C(=O)c1ccccc1. The van der Waals surface area contributed by atoms with Gasteiger partial charge in [-0.1, -0.05) is 37.3 Å². The second-order valence-corrected chi connectivity index (χ2v) is 4.02. The van der Waals surface area contributed by atoms with Crippen molar-refractivity contribution in [3.05, 3.63) is 35.9 Å². The maximum absolute atomic E-state index is 12.0. The van der Waals surface area contributed by atoms with E-state index in [9.17, 15) is 4.79 Å². The second kappa shape index (κ2) is 8.80. The molecule has 1 aromatic carbocycles. The predicted octanol–water partition coefficient (Wildman–Crippen LogP) is 2.14. The first-order valence-corrected chi connectivity index (χ1v) is 5.99. The maximum atomic E-state index is 12.0. The van der Waals surface area contributed by atoms with E-state index in [1.807, 2.05) is 37.3 Å². The molecule has 0 aliphatic carbocycles. The van der Waals surface area contributed by atoms with Crippen LogP contribution in [0.5, 0.6) is 0 Å². The summed E-state index contributed by atoms with van der Waals surface area (Å²) in [4.78, 5) is 12.0. The number of carbonyl (C=O) groups excluding carboxylic acids is 1. The molecule has 0 bridgehead atoms. The molecule has 100 valence electrons. The molecule has 4 nitrogen and oxygen atoms in total. The fraction of sp³-hybridized carbons (Fsp3) is 0.500. The monoisotopic (exact) mass is 252 g/mol. The molecule has 0 aromatic heterocycles. The van der Waals surface area contributed by atoms with Gasteiger partial charge in [-0.3, -0.25) is 4.79 Å². The average Bonchev–Trinajstić information content (AvgIpc) is 2.42. The lowest BCUT2D eigenvalue weighted by Crippen LogP contribution is -2.18. The maximum Gasteiger partial charge on any atom is 0.167 e. The van der Waals surface area contributed by atoms with E-state index in [4.69, 9.17) is 14.2 Å². The van der Waals surface area contributed by atoms with Crippen LogP contribution < -0.4 is 0 Å². The molecule has 1 unspecified atom stereocenters. The number of hydrogen-bond donors (Lipinski definition) is 0. The molecule has 0 aliphatic rings. The molecule has 18 heavy (non-hydrogen) atoms. The molecule has 0 spiro atoms. The first kappa shape index (κ1) is 14.8. The lowest BCUT2D eigenvalue weighted by atomic mass is 10.0. The molecule has 0 saturated carbocycles. The largest absolute Gasteiger partial charge is 0.382 e. The summed E-state index contributed by atoms with van der Waals surface area (Å²) in [5, 5.41) is 0. The van der Waals surface area contributed by atoms with Gasteiger partial charge in [-0.2, -0.15) is 0 Å². The fourth-order valence-electron chi connectivity index (χ4n) is 1.45. The number of benzene rings is 1. The molecular weight excluding hydrogens is 232 g/mol. The number of methoxy groups -OCH3 is 1. The summed E-state index contributed by atoms with van der Waals surface area (Å²) in [5.41, 5.74) is 0.717. The number of Topliss-reactive ketones (excluding diaryl/α,β-unsaturated/α-hetero) is 1. The third-order valence-electron chi connectivity index (χ3n) is 2.47. The van der Waals surface area contributed by atoms with Crippen molar-refractivity contribution in [2.24, 2.45) is 5.92 Å². The van der Waals surface area contributed by atoms with Crippen molar-refractivity contribution in [1.82, 2.24) is 0 Å². The zero-order valence-electron chi connectivity index (χ0n) is 10.9. The zero-order valence-corrected chi connectivity index (χ0v) is 10.9. The molecule has 0 N–H and O–H groups in total. The van der Waals surface area contributed by atoms with Crippen molar-refractivity contribution in [2.45, 2.75) is 6.92 Å². The molecule has 4 heteroatoms. The van der Waals surface area contributed by atoms with Gasteiger partial charge in [0.2, 0.25) is 0 Å². The Bertz CT molecular complexity index is 337. The fourth-order valence-corrected chi connectivity index (χ4v) is 1.45. The van der Waals surface area contributed by atoms with Crippen LogP contribution in [0, 0.1) is 5.92 Å². The molecule has 0 saturated heterocycles. The standard InChI is InChI=1S/C14H20O4/c1-12(10-18-11-17-9-8-16-2)14(15)13-6-4-3-5-7-13/h3-7,12H,8-11H2,1-2H3. The third-order valence-corrected chi connectivity index (χ3v) is 2.47. The Morgan fingerprint density at radius 2 is 1.89 bits per heavy atom. The molecule has 0 amide bonds. The molecule has 0 aliphatic heterocycles. The van der Waals surface area contributed by atoms with Crippen molar-refractivity contribution >= 4 is 5.78 Å². The topological polar surface area (TPSA) is 44.8 Å². The third kappa shape index (κ3) is 5.40. The van der Waals surface area contributed by atoms with Crippen LogP contribution in [0.4, 0.5) is 0 Å². The highest BCUT2D eigenvalue weighted by Crippen LogP contribution is 2.08. The van der Waals surface area contributed by atoms with E-state index in [0.717, 1.165) is 0 Å². The average molecular weight is 252 g/mol. The highest BCUT2D eigenvalue weighted by molar-refractivity contribution is 5.97. The molecule has 1 aromatic rings. The van der Waals surface area contributed by atoms with Gasteiger partial charge in [0.05, 0.1) is 19.8 Å². The number of hydrogen-bond acceptors (Lipinski definition) is 4. The van der Waals surface area contributed by atoms with Gasteiger partial charge in [-0.05, 0) is 0 Å². The van der Waals surface area contributed by atoms with Crippen LogP contribution in [0.25, 0.3) is 0 Å². The van der Waals surface area contributed by atoms with E-state index < -0.39 is 0 Å². The van der Waals surface area contributed by atoms with Crippen LogP contribution >= 0.6 is 0 Å². The van der Waals surface area contributed by atoms with Gasteiger partial charge in [-0.15, -0.1) is 0 Å². The Morgan fingerprint density at radius 1 is 1.17 bits per heavy atom. The minimum Gasteiger partial charge on any atom is -0.382 e. The van der Waals surface area contributed by atoms with Crippen molar-refractivity contribution in [1.29, 1.82) is 0 Å². The van der Waals surface area contributed by atoms with Crippen molar-refractivity contribution < 1.29 is 19.0 Å². The summed E-state index contributed by atoms with van der Waals surface area (Å²) in [6, 6.07) is 9.23. The van der Waals surface area contributed by atoms with Gasteiger partial charge in [0, 0.05) is 18.6 Å². The van der Waals surface area contributed by atoms with Crippen molar-refractivity contribution in [3.8, 4) is 0 Å². The van der Waals surface area contributed by atoms with Crippen LogP contribution in [0.1, 0.15) is 17.3 Å². The molecule has 0 fully saturated rings. The predicted molar refractivity (Wildman–Crippen MR) is 68.6 cm³/mol. The summed E-state index contributed by atoms with van der Waals surface area (Å²) in [7, 11) is 1.62. The Kier molecular flexibility index (Phi) is 7.25.